The molecule has 124 valence electrons. The third-order valence-corrected chi connectivity index (χ3v) is 4.06. The van der Waals surface area contributed by atoms with E-state index in [2.05, 4.69) is 56.9 Å². The summed E-state index contributed by atoms with van der Waals surface area (Å²) in [5, 5.41) is 5.32. The molecule has 0 atom stereocenters. The maximum atomic E-state index is 4.21. The van der Waals surface area contributed by atoms with E-state index in [1.165, 1.54) is 10.7 Å². The molecule has 21 heavy (non-hydrogen) atoms. The number of nitrogens with zero attached hydrogens (tertiary/aromatic N) is 2. The normalized spacial score (nSPS) is 10.2. The quantitative estimate of drug-likeness (QED) is 0.531. The van der Waals surface area contributed by atoms with E-state index in [4.69, 9.17) is 0 Å². The lowest BCUT2D eigenvalue weighted by Gasteiger charge is -2.13. The SMILES string of the molecule is C.C.C.CC(C)(C)c1cscn1.CC(C)(C)c1nccs1. The molecule has 0 amide bonds. The van der Waals surface area contributed by atoms with Gasteiger partial charge in [-0.1, -0.05) is 63.8 Å². The van der Waals surface area contributed by atoms with E-state index in [-0.39, 0.29) is 33.1 Å². The van der Waals surface area contributed by atoms with Crippen LogP contribution in [0.1, 0.15) is 74.5 Å². The summed E-state index contributed by atoms with van der Waals surface area (Å²) in [6, 6.07) is 0. The smallest absolute Gasteiger partial charge is 0.0978 e. The summed E-state index contributed by atoms with van der Waals surface area (Å²) in [5.41, 5.74) is 3.52. The summed E-state index contributed by atoms with van der Waals surface area (Å²) >= 11 is 3.37. The van der Waals surface area contributed by atoms with Gasteiger partial charge in [-0.3, -0.25) is 0 Å². The fourth-order valence-electron chi connectivity index (χ4n) is 1.18. The van der Waals surface area contributed by atoms with Crippen LogP contribution >= 0.6 is 22.7 Å². The Kier molecular flexibility index (Phi) is 12.1. The van der Waals surface area contributed by atoms with Gasteiger partial charge in [0.15, 0.2) is 0 Å². The molecule has 2 aromatic heterocycles. The molecular formula is C17H34N2S2. The second-order valence-corrected chi connectivity index (χ2v) is 7.82. The van der Waals surface area contributed by atoms with Gasteiger partial charge in [0.2, 0.25) is 0 Å². The minimum Gasteiger partial charge on any atom is -0.249 e. The summed E-state index contributed by atoms with van der Waals surface area (Å²) in [4.78, 5) is 8.41. The van der Waals surface area contributed by atoms with Gasteiger partial charge in [-0.05, 0) is 0 Å². The van der Waals surface area contributed by atoms with Crippen LogP contribution in [0.15, 0.2) is 22.5 Å². The van der Waals surface area contributed by atoms with Gasteiger partial charge in [0.1, 0.15) is 0 Å². The molecule has 0 aromatic carbocycles. The van der Waals surface area contributed by atoms with Crippen molar-refractivity contribution >= 4 is 22.7 Å². The van der Waals surface area contributed by atoms with Crippen LogP contribution < -0.4 is 0 Å². The summed E-state index contributed by atoms with van der Waals surface area (Å²) in [7, 11) is 0. The summed E-state index contributed by atoms with van der Waals surface area (Å²) in [5.74, 6) is 0. The largest absolute Gasteiger partial charge is 0.249 e. The van der Waals surface area contributed by atoms with Gasteiger partial charge in [-0.25, -0.2) is 9.97 Å². The average Bonchev–Trinajstić information content (AvgIpc) is 2.91. The van der Waals surface area contributed by atoms with Crippen LogP contribution in [0.25, 0.3) is 0 Å². The van der Waals surface area contributed by atoms with Crippen molar-refractivity contribution in [3.8, 4) is 0 Å². The molecule has 2 heterocycles. The number of hydrogen-bond acceptors (Lipinski definition) is 4. The molecule has 0 fully saturated rings. The Bertz CT molecular complexity index is 388. The molecule has 0 aliphatic rings. The molecule has 4 heteroatoms. The topological polar surface area (TPSA) is 25.8 Å². The minimum absolute atomic E-state index is 0. The van der Waals surface area contributed by atoms with Crippen LogP contribution in [0.2, 0.25) is 0 Å². The number of rotatable bonds is 0. The number of aromatic nitrogens is 2. The average molecular weight is 331 g/mol. The van der Waals surface area contributed by atoms with E-state index in [9.17, 15) is 0 Å². The molecule has 0 aliphatic carbocycles. The molecule has 0 bridgehead atoms. The molecule has 0 N–H and O–H groups in total. The summed E-state index contributed by atoms with van der Waals surface area (Å²) in [6.45, 7) is 13.0. The first-order valence-corrected chi connectivity index (χ1v) is 7.82. The second kappa shape index (κ2) is 10.1. The molecule has 0 saturated carbocycles. The van der Waals surface area contributed by atoms with Crippen molar-refractivity contribution in [1.29, 1.82) is 0 Å². The van der Waals surface area contributed by atoms with Crippen LogP contribution in [0, 0.1) is 0 Å². The molecule has 2 rings (SSSR count). The zero-order valence-corrected chi connectivity index (χ0v) is 13.7. The Hall–Kier alpha value is -0.740. The fraction of sp³-hybridized carbons (Fsp3) is 0.647. The Labute approximate surface area is 140 Å². The zero-order valence-electron chi connectivity index (χ0n) is 12.0. The van der Waals surface area contributed by atoms with Gasteiger partial charge in [-0.2, -0.15) is 0 Å². The van der Waals surface area contributed by atoms with Crippen molar-refractivity contribution in [2.24, 2.45) is 0 Å². The first-order chi connectivity index (χ1) is 8.21. The Balaban J connectivity index is -0.000000270. The van der Waals surface area contributed by atoms with Gasteiger partial charge in [0, 0.05) is 27.8 Å². The van der Waals surface area contributed by atoms with Gasteiger partial charge >= 0.3 is 0 Å². The molecular weight excluding hydrogens is 296 g/mol. The molecule has 0 saturated heterocycles. The molecule has 0 spiro atoms. The fourth-order valence-corrected chi connectivity index (χ4v) is 2.68. The molecule has 0 aliphatic heterocycles. The predicted octanol–water partition coefficient (Wildman–Crippen LogP) is 6.79. The van der Waals surface area contributed by atoms with E-state index < -0.39 is 0 Å². The van der Waals surface area contributed by atoms with Crippen molar-refractivity contribution in [2.45, 2.75) is 74.7 Å². The van der Waals surface area contributed by atoms with Gasteiger partial charge < -0.3 is 0 Å². The van der Waals surface area contributed by atoms with E-state index >= 15 is 0 Å². The Morgan fingerprint density at radius 3 is 1.62 bits per heavy atom. The van der Waals surface area contributed by atoms with Crippen molar-refractivity contribution in [3.63, 3.8) is 0 Å². The van der Waals surface area contributed by atoms with E-state index in [1.807, 2.05) is 17.1 Å². The van der Waals surface area contributed by atoms with Crippen LogP contribution in [0.3, 0.4) is 0 Å². The van der Waals surface area contributed by atoms with Crippen LogP contribution in [0.5, 0.6) is 0 Å². The Morgan fingerprint density at radius 1 is 0.857 bits per heavy atom. The third-order valence-electron chi connectivity index (χ3n) is 2.27. The molecule has 2 nitrogen and oxygen atoms in total. The standard InChI is InChI=1S/2C7H11NS.3CH4/c1-7(2,3)6-4-9-5-8-6;1-7(2,3)6-8-4-5-9-6;;;/h2*4-5H,1-3H3;3*1H4. The first kappa shape index (κ1) is 25.2. The van der Waals surface area contributed by atoms with Crippen LogP contribution in [-0.2, 0) is 10.8 Å². The van der Waals surface area contributed by atoms with Gasteiger partial charge in [0.25, 0.3) is 0 Å². The summed E-state index contributed by atoms with van der Waals surface area (Å²) in [6.07, 6.45) is 1.85. The van der Waals surface area contributed by atoms with E-state index in [1.54, 1.807) is 22.7 Å². The lowest BCUT2D eigenvalue weighted by atomic mass is 9.93. The number of thiazole rings is 2. The zero-order chi connectivity index (χ0) is 13.8. The lowest BCUT2D eigenvalue weighted by molar-refractivity contribution is 0.573. The monoisotopic (exact) mass is 330 g/mol. The third kappa shape index (κ3) is 8.99. The van der Waals surface area contributed by atoms with E-state index in [0.29, 0.717) is 0 Å². The van der Waals surface area contributed by atoms with Crippen LogP contribution in [0.4, 0.5) is 0 Å². The van der Waals surface area contributed by atoms with Crippen LogP contribution in [-0.4, -0.2) is 9.97 Å². The Morgan fingerprint density at radius 2 is 1.43 bits per heavy atom. The summed E-state index contributed by atoms with van der Waals surface area (Å²) < 4.78 is 0. The highest BCUT2D eigenvalue weighted by Gasteiger charge is 2.15. The van der Waals surface area contributed by atoms with Gasteiger partial charge in [0.05, 0.1) is 16.2 Å². The highest BCUT2D eigenvalue weighted by atomic mass is 32.1. The molecule has 0 unspecified atom stereocenters. The highest BCUT2D eigenvalue weighted by molar-refractivity contribution is 7.09. The van der Waals surface area contributed by atoms with Crippen molar-refractivity contribution < 1.29 is 0 Å². The number of hydrogen-bond donors (Lipinski definition) is 0. The van der Waals surface area contributed by atoms with Crippen molar-refractivity contribution in [2.75, 3.05) is 0 Å². The minimum atomic E-state index is 0. The molecule has 2 aromatic rings. The van der Waals surface area contributed by atoms with Gasteiger partial charge in [-0.15, -0.1) is 22.7 Å². The van der Waals surface area contributed by atoms with E-state index in [0.717, 1.165) is 0 Å². The maximum Gasteiger partial charge on any atom is 0.0978 e. The lowest BCUT2D eigenvalue weighted by Crippen LogP contribution is -2.10. The van der Waals surface area contributed by atoms with Crippen molar-refractivity contribution in [1.82, 2.24) is 9.97 Å². The molecule has 0 radical (unpaired) electrons. The highest BCUT2D eigenvalue weighted by Crippen LogP contribution is 2.23. The second-order valence-electron chi connectivity index (χ2n) is 6.21. The van der Waals surface area contributed by atoms with Crippen molar-refractivity contribution in [3.05, 3.63) is 33.2 Å². The predicted molar refractivity (Wildman–Crippen MR) is 102 cm³/mol. The first-order valence-electron chi connectivity index (χ1n) is 6.00. The maximum absolute atomic E-state index is 4.21.